The molecule has 1 N–H and O–H groups in total. The predicted octanol–water partition coefficient (Wildman–Crippen LogP) is 0.433. The first kappa shape index (κ1) is 11.5. The number of rotatable bonds is 2. The van der Waals surface area contributed by atoms with Crippen LogP contribution in [0.15, 0.2) is 0 Å². The monoisotopic (exact) mass is 237 g/mol. The van der Waals surface area contributed by atoms with Crippen molar-refractivity contribution in [3.63, 3.8) is 0 Å². The molecular weight excluding hydrogens is 214 g/mol. The summed E-state index contributed by atoms with van der Waals surface area (Å²) in [6.45, 7) is 6.19. The number of amides is 1. The van der Waals surface area contributed by atoms with Gasteiger partial charge in [0.15, 0.2) is 0 Å². The van der Waals surface area contributed by atoms with Gasteiger partial charge in [-0.15, -0.1) is 0 Å². The molecule has 1 amide bonds. The topological polar surface area (TPSA) is 35.6 Å². The summed E-state index contributed by atoms with van der Waals surface area (Å²) in [6, 6.07) is 1.45. The highest BCUT2D eigenvalue weighted by atomic mass is 16.2. The molecule has 2 saturated heterocycles. The predicted molar refractivity (Wildman–Crippen MR) is 66.8 cm³/mol. The van der Waals surface area contributed by atoms with Crippen LogP contribution in [0.2, 0.25) is 0 Å². The molecule has 2 aliphatic heterocycles. The zero-order valence-electron chi connectivity index (χ0n) is 10.7. The maximum absolute atomic E-state index is 12.3. The van der Waals surface area contributed by atoms with Crippen LogP contribution < -0.4 is 5.32 Å². The van der Waals surface area contributed by atoms with E-state index in [9.17, 15) is 4.79 Å². The van der Waals surface area contributed by atoms with Crippen molar-refractivity contribution >= 4 is 5.91 Å². The molecule has 4 nitrogen and oxygen atoms in total. The maximum atomic E-state index is 12.3. The zero-order chi connectivity index (χ0) is 11.8. The van der Waals surface area contributed by atoms with Gasteiger partial charge in [0.05, 0.1) is 6.04 Å². The van der Waals surface area contributed by atoms with Gasteiger partial charge < -0.3 is 10.2 Å². The van der Waals surface area contributed by atoms with Crippen molar-refractivity contribution in [2.75, 3.05) is 26.2 Å². The third-order valence-corrected chi connectivity index (χ3v) is 4.36. The molecule has 2 heterocycles. The summed E-state index contributed by atoms with van der Waals surface area (Å²) in [4.78, 5) is 16.9. The van der Waals surface area contributed by atoms with Crippen LogP contribution in [-0.2, 0) is 4.79 Å². The Kier molecular flexibility index (Phi) is 3.09. The smallest absolute Gasteiger partial charge is 0.239 e. The van der Waals surface area contributed by atoms with E-state index in [2.05, 4.69) is 22.0 Å². The first-order valence-electron chi connectivity index (χ1n) is 7.03. The fourth-order valence-corrected chi connectivity index (χ4v) is 3.09. The van der Waals surface area contributed by atoms with Gasteiger partial charge in [-0.25, -0.2) is 0 Å². The van der Waals surface area contributed by atoms with Crippen molar-refractivity contribution in [1.29, 1.82) is 0 Å². The lowest BCUT2D eigenvalue weighted by Gasteiger charge is -2.36. The van der Waals surface area contributed by atoms with E-state index < -0.39 is 0 Å². The molecule has 3 rings (SSSR count). The van der Waals surface area contributed by atoms with Crippen molar-refractivity contribution in [2.45, 2.75) is 50.7 Å². The van der Waals surface area contributed by atoms with Crippen LogP contribution in [0.4, 0.5) is 0 Å². The molecule has 96 valence electrons. The van der Waals surface area contributed by atoms with E-state index in [0.29, 0.717) is 11.9 Å². The second kappa shape index (κ2) is 4.58. The first-order chi connectivity index (χ1) is 8.24. The zero-order valence-corrected chi connectivity index (χ0v) is 10.7. The molecule has 17 heavy (non-hydrogen) atoms. The molecule has 0 aromatic carbocycles. The third-order valence-electron chi connectivity index (χ3n) is 4.36. The maximum Gasteiger partial charge on any atom is 0.239 e. The van der Waals surface area contributed by atoms with Gasteiger partial charge in [-0.2, -0.15) is 0 Å². The van der Waals surface area contributed by atoms with Crippen LogP contribution >= 0.6 is 0 Å². The van der Waals surface area contributed by atoms with Crippen LogP contribution in [0.5, 0.6) is 0 Å². The second-order valence-corrected chi connectivity index (χ2v) is 5.79. The van der Waals surface area contributed by atoms with Gasteiger partial charge in [-0.3, -0.25) is 9.69 Å². The van der Waals surface area contributed by atoms with Crippen LogP contribution in [0.3, 0.4) is 0 Å². The SMILES string of the molecule is C[C@@H]1CC[C@H](C(=O)N2CCN(C3CC3)CC2)N1. The largest absolute Gasteiger partial charge is 0.339 e. The molecule has 3 aliphatic rings. The van der Waals surface area contributed by atoms with Gasteiger partial charge in [0.2, 0.25) is 5.91 Å². The van der Waals surface area contributed by atoms with Gasteiger partial charge >= 0.3 is 0 Å². The molecule has 0 bridgehead atoms. The first-order valence-corrected chi connectivity index (χ1v) is 7.03. The van der Waals surface area contributed by atoms with E-state index >= 15 is 0 Å². The molecule has 0 radical (unpaired) electrons. The minimum atomic E-state index is 0.0949. The van der Waals surface area contributed by atoms with Crippen molar-refractivity contribution in [3.05, 3.63) is 0 Å². The summed E-state index contributed by atoms with van der Waals surface area (Å²) in [5, 5.41) is 3.39. The molecule has 2 atom stereocenters. The quantitative estimate of drug-likeness (QED) is 0.757. The summed E-state index contributed by atoms with van der Waals surface area (Å²) in [5.41, 5.74) is 0. The fourth-order valence-electron chi connectivity index (χ4n) is 3.09. The van der Waals surface area contributed by atoms with Crippen molar-refractivity contribution < 1.29 is 4.79 Å². The Bertz CT molecular complexity index is 295. The number of hydrogen-bond acceptors (Lipinski definition) is 3. The Morgan fingerprint density at radius 1 is 1.06 bits per heavy atom. The highest BCUT2D eigenvalue weighted by Crippen LogP contribution is 2.27. The minimum Gasteiger partial charge on any atom is -0.339 e. The Morgan fingerprint density at radius 2 is 1.76 bits per heavy atom. The summed E-state index contributed by atoms with van der Waals surface area (Å²) in [7, 11) is 0. The highest BCUT2D eigenvalue weighted by molar-refractivity contribution is 5.82. The molecule has 0 aromatic rings. The average Bonchev–Trinajstić information content (AvgIpc) is 3.11. The lowest BCUT2D eigenvalue weighted by atomic mass is 10.1. The number of hydrogen-bond donors (Lipinski definition) is 1. The van der Waals surface area contributed by atoms with Crippen molar-refractivity contribution in [2.24, 2.45) is 0 Å². The number of carbonyl (C=O) groups is 1. The second-order valence-electron chi connectivity index (χ2n) is 5.79. The van der Waals surface area contributed by atoms with Gasteiger partial charge in [0, 0.05) is 38.3 Å². The Labute approximate surface area is 103 Å². The molecule has 0 unspecified atom stereocenters. The minimum absolute atomic E-state index is 0.0949. The fraction of sp³-hybridized carbons (Fsp3) is 0.923. The number of nitrogens with one attached hydrogen (secondary N) is 1. The summed E-state index contributed by atoms with van der Waals surface area (Å²) in [5.74, 6) is 0.338. The van der Waals surface area contributed by atoms with Gasteiger partial charge in [-0.1, -0.05) is 0 Å². The van der Waals surface area contributed by atoms with Crippen LogP contribution in [-0.4, -0.2) is 60.0 Å². The number of nitrogens with zero attached hydrogens (tertiary/aromatic N) is 2. The molecule has 0 spiro atoms. The summed E-state index contributed by atoms with van der Waals surface area (Å²) in [6.07, 6.45) is 4.90. The van der Waals surface area contributed by atoms with Gasteiger partial charge in [0.1, 0.15) is 0 Å². The van der Waals surface area contributed by atoms with Crippen LogP contribution in [0.25, 0.3) is 0 Å². The molecule has 0 aromatic heterocycles. The van der Waals surface area contributed by atoms with Crippen LogP contribution in [0, 0.1) is 0 Å². The summed E-state index contributed by atoms with van der Waals surface area (Å²) < 4.78 is 0. The summed E-state index contributed by atoms with van der Waals surface area (Å²) >= 11 is 0. The third kappa shape index (κ3) is 2.47. The Morgan fingerprint density at radius 3 is 2.29 bits per heavy atom. The molecule has 3 fully saturated rings. The van der Waals surface area contributed by atoms with E-state index in [0.717, 1.165) is 45.1 Å². The molecule has 4 heteroatoms. The van der Waals surface area contributed by atoms with E-state index in [1.54, 1.807) is 0 Å². The number of carbonyl (C=O) groups excluding carboxylic acids is 1. The van der Waals surface area contributed by atoms with Crippen LogP contribution in [0.1, 0.15) is 32.6 Å². The molecule has 1 saturated carbocycles. The van der Waals surface area contributed by atoms with E-state index in [-0.39, 0.29) is 6.04 Å². The lowest BCUT2D eigenvalue weighted by Crippen LogP contribution is -2.53. The molecular formula is C13H23N3O. The van der Waals surface area contributed by atoms with Crippen molar-refractivity contribution in [3.8, 4) is 0 Å². The van der Waals surface area contributed by atoms with Crippen molar-refractivity contribution in [1.82, 2.24) is 15.1 Å². The average molecular weight is 237 g/mol. The van der Waals surface area contributed by atoms with E-state index in [1.165, 1.54) is 12.8 Å². The number of piperazine rings is 1. The highest BCUT2D eigenvalue weighted by Gasteiger charge is 2.35. The lowest BCUT2D eigenvalue weighted by molar-refractivity contribution is -0.135. The standard InChI is InChI=1S/C13H23N3O/c1-10-2-5-12(14-10)13(17)16-8-6-15(7-9-16)11-3-4-11/h10-12,14H,2-9H2,1H3/t10-,12-/m1/s1. The van der Waals surface area contributed by atoms with E-state index in [1.807, 2.05) is 0 Å². The van der Waals surface area contributed by atoms with Gasteiger partial charge in [0.25, 0.3) is 0 Å². The Balaban J connectivity index is 1.50. The Hall–Kier alpha value is -0.610. The normalized spacial score (nSPS) is 35.2. The van der Waals surface area contributed by atoms with E-state index in [4.69, 9.17) is 0 Å². The van der Waals surface area contributed by atoms with Gasteiger partial charge in [-0.05, 0) is 32.6 Å². The molecule has 1 aliphatic carbocycles.